The molecule has 0 spiro atoms. The quantitative estimate of drug-likeness (QED) is 0.417. The third-order valence-corrected chi connectivity index (χ3v) is 4.06. The zero-order valence-corrected chi connectivity index (χ0v) is 14.9. The first kappa shape index (κ1) is 16.2. The molecule has 1 aromatic carbocycles. The van der Waals surface area contributed by atoms with E-state index in [4.69, 9.17) is 34.8 Å². The van der Waals surface area contributed by atoms with E-state index in [9.17, 15) is 0 Å². The third-order valence-electron chi connectivity index (χ3n) is 2.11. The molecule has 0 N–H and O–H groups in total. The van der Waals surface area contributed by atoms with Crippen LogP contribution in [0.2, 0.25) is 0 Å². The van der Waals surface area contributed by atoms with E-state index in [1.54, 1.807) is 17.4 Å². The Morgan fingerprint density at radius 1 is 1.12 bits per heavy atom. The van der Waals surface area contributed by atoms with Gasteiger partial charge >= 0.3 is 0 Å². The van der Waals surface area contributed by atoms with Crippen LogP contribution in [-0.4, -0.2) is 29.6 Å². The van der Waals surface area contributed by atoms with Crippen molar-refractivity contribution in [2.75, 3.05) is 0 Å². The Hall–Kier alpha value is 1.14. The van der Waals surface area contributed by atoms with Crippen LogP contribution in [0, 0.1) is 0 Å². The largest absolute Gasteiger partial charge is 0.216 e. The number of hydrogen-bond donors (Lipinski definition) is 1. The van der Waals surface area contributed by atoms with E-state index >= 15 is 0 Å². The minimum atomic E-state index is -1.40. The van der Waals surface area contributed by atoms with Gasteiger partial charge in [-0.15, -0.1) is 24.0 Å². The van der Waals surface area contributed by atoms with E-state index in [-0.39, 0.29) is 29.6 Å². The number of halogens is 3. The topological polar surface area (TPSA) is 0 Å². The Labute approximate surface area is 147 Å². The van der Waals surface area contributed by atoms with Gasteiger partial charge in [-0.1, -0.05) is 46.9 Å². The average molecular weight is 333 g/mol. The van der Waals surface area contributed by atoms with Crippen molar-refractivity contribution < 1.29 is 0 Å². The second kappa shape index (κ2) is 6.53. The molecule has 2 rings (SSSR count). The van der Waals surface area contributed by atoms with Gasteiger partial charge in [-0.05, 0) is 23.6 Å². The first-order valence-electron chi connectivity index (χ1n) is 4.42. The van der Waals surface area contributed by atoms with Crippen LogP contribution in [0.5, 0.6) is 0 Å². The summed E-state index contributed by atoms with van der Waals surface area (Å²) >= 11 is 23.6. The first-order chi connectivity index (χ1) is 7.48. The van der Waals surface area contributed by atoms with Gasteiger partial charge in [-0.3, -0.25) is 0 Å². The van der Waals surface area contributed by atoms with Gasteiger partial charge in [0.2, 0.25) is 3.79 Å². The minimum Gasteiger partial charge on any atom is -0.144 e. The molecule has 0 bridgehead atoms. The van der Waals surface area contributed by atoms with Gasteiger partial charge in [0.25, 0.3) is 0 Å². The predicted molar refractivity (Wildman–Crippen MR) is 82.0 cm³/mol. The summed E-state index contributed by atoms with van der Waals surface area (Å²) in [5.41, 5.74) is 1.64. The van der Waals surface area contributed by atoms with Crippen molar-refractivity contribution in [3.05, 3.63) is 41.3 Å². The number of alkyl halides is 3. The molecule has 1 heterocycles. The van der Waals surface area contributed by atoms with E-state index in [0.717, 1.165) is 15.3 Å². The fourth-order valence-corrected chi connectivity index (χ4v) is 2.79. The van der Waals surface area contributed by atoms with Gasteiger partial charge in [0.15, 0.2) is 0 Å². The number of thiophene rings is 1. The molecule has 0 nitrogen and oxygen atoms in total. The SMILES string of the molecule is Sc1ccc(C(Cl)(Cl)Cl)cc1-c1cccs1.[Na]. The van der Waals surface area contributed by atoms with Crippen molar-refractivity contribution in [3.63, 3.8) is 0 Å². The summed E-state index contributed by atoms with van der Waals surface area (Å²) in [6, 6.07) is 9.47. The Bertz CT molecular complexity index is 492. The van der Waals surface area contributed by atoms with Crippen molar-refractivity contribution in [2.24, 2.45) is 0 Å². The summed E-state index contributed by atoms with van der Waals surface area (Å²) in [7, 11) is 0. The third kappa shape index (κ3) is 4.05. The summed E-state index contributed by atoms with van der Waals surface area (Å²) in [4.78, 5) is 1.99. The maximum Gasteiger partial charge on any atom is 0.216 e. The molecule has 0 aliphatic carbocycles. The van der Waals surface area contributed by atoms with Gasteiger partial charge in [-0.25, -0.2) is 0 Å². The van der Waals surface area contributed by atoms with E-state index in [2.05, 4.69) is 12.6 Å². The number of benzene rings is 1. The smallest absolute Gasteiger partial charge is 0.144 e. The molecular weight excluding hydrogens is 326 g/mol. The predicted octanol–water partition coefficient (Wildman–Crippen LogP) is 5.15. The Morgan fingerprint density at radius 3 is 2.35 bits per heavy atom. The molecule has 0 saturated heterocycles. The second-order valence-electron chi connectivity index (χ2n) is 3.21. The molecular formula is C11H7Cl3NaS2. The van der Waals surface area contributed by atoms with Crippen LogP contribution in [0.4, 0.5) is 0 Å². The molecule has 0 aliphatic rings. The van der Waals surface area contributed by atoms with Crippen LogP contribution in [-0.2, 0) is 3.79 Å². The monoisotopic (exact) mass is 331 g/mol. The van der Waals surface area contributed by atoms with Crippen LogP contribution >= 0.6 is 58.8 Å². The molecule has 1 aromatic heterocycles. The molecule has 2 aromatic rings. The fraction of sp³-hybridized carbons (Fsp3) is 0.0909. The fourth-order valence-electron chi connectivity index (χ4n) is 1.34. The summed E-state index contributed by atoms with van der Waals surface area (Å²) in [6.07, 6.45) is 0. The Kier molecular flexibility index (Phi) is 6.23. The summed E-state index contributed by atoms with van der Waals surface area (Å²) < 4.78 is -1.40. The Morgan fingerprint density at radius 2 is 1.82 bits per heavy atom. The van der Waals surface area contributed by atoms with E-state index in [0.29, 0.717) is 5.56 Å². The first-order valence-corrected chi connectivity index (χ1v) is 6.88. The molecule has 17 heavy (non-hydrogen) atoms. The van der Waals surface area contributed by atoms with Crippen LogP contribution in [0.3, 0.4) is 0 Å². The van der Waals surface area contributed by atoms with E-state index < -0.39 is 3.79 Å². The standard InChI is InChI=1S/C11H7Cl3S2.Na/c12-11(13,14)7-3-4-9(15)8(6-7)10-2-1-5-16-10;/h1-6,15H;. The van der Waals surface area contributed by atoms with Crippen LogP contribution in [0.1, 0.15) is 5.56 Å². The van der Waals surface area contributed by atoms with Crippen LogP contribution in [0.25, 0.3) is 10.4 Å². The minimum absolute atomic E-state index is 0. The molecule has 0 saturated carbocycles. The number of rotatable bonds is 1. The van der Waals surface area contributed by atoms with Crippen LogP contribution in [0.15, 0.2) is 40.6 Å². The van der Waals surface area contributed by atoms with Crippen molar-refractivity contribution in [3.8, 4) is 10.4 Å². The average Bonchev–Trinajstić information content (AvgIpc) is 2.69. The van der Waals surface area contributed by atoms with E-state index in [1.165, 1.54) is 0 Å². The van der Waals surface area contributed by atoms with Crippen molar-refractivity contribution >= 4 is 88.3 Å². The second-order valence-corrected chi connectivity index (χ2v) is 6.92. The molecule has 1 radical (unpaired) electrons. The molecule has 0 amide bonds. The molecule has 0 aliphatic heterocycles. The molecule has 6 heteroatoms. The van der Waals surface area contributed by atoms with Crippen molar-refractivity contribution in [2.45, 2.75) is 8.69 Å². The normalized spacial score (nSPS) is 11.1. The maximum absolute atomic E-state index is 5.85. The molecule has 0 fully saturated rings. The number of thiol groups is 1. The van der Waals surface area contributed by atoms with Crippen molar-refractivity contribution in [1.29, 1.82) is 0 Å². The summed E-state index contributed by atoms with van der Waals surface area (Å²) in [5.74, 6) is 0. The molecule has 0 atom stereocenters. The summed E-state index contributed by atoms with van der Waals surface area (Å²) in [5, 5.41) is 2.00. The number of hydrogen-bond acceptors (Lipinski definition) is 2. The van der Waals surface area contributed by atoms with Gasteiger partial charge < -0.3 is 0 Å². The maximum atomic E-state index is 5.85. The van der Waals surface area contributed by atoms with Gasteiger partial charge in [0, 0.05) is 50.5 Å². The van der Waals surface area contributed by atoms with Gasteiger partial charge in [0.05, 0.1) is 0 Å². The van der Waals surface area contributed by atoms with Gasteiger partial charge in [0.1, 0.15) is 0 Å². The van der Waals surface area contributed by atoms with Crippen molar-refractivity contribution in [1.82, 2.24) is 0 Å². The zero-order valence-electron chi connectivity index (χ0n) is 8.95. The van der Waals surface area contributed by atoms with E-state index in [1.807, 2.05) is 29.6 Å². The zero-order chi connectivity index (χ0) is 11.8. The summed E-state index contributed by atoms with van der Waals surface area (Å²) in [6.45, 7) is 0. The molecule has 85 valence electrons. The Balaban J connectivity index is 0.00000144. The van der Waals surface area contributed by atoms with Gasteiger partial charge in [-0.2, -0.15) is 0 Å². The van der Waals surface area contributed by atoms with Crippen LogP contribution < -0.4 is 0 Å². The molecule has 0 unspecified atom stereocenters.